The Morgan fingerprint density at radius 3 is 2.96 bits per heavy atom. The van der Waals surface area contributed by atoms with Crippen LogP contribution >= 0.6 is 11.6 Å². The second kappa shape index (κ2) is 6.60. The first-order valence-corrected chi connectivity index (χ1v) is 7.86. The Morgan fingerprint density at radius 1 is 1.50 bits per heavy atom. The average molecular weight is 349 g/mol. The van der Waals surface area contributed by atoms with Gasteiger partial charge in [-0.1, -0.05) is 28.9 Å². The third kappa shape index (κ3) is 3.12. The van der Waals surface area contributed by atoms with Gasteiger partial charge in [-0.2, -0.15) is 4.98 Å². The van der Waals surface area contributed by atoms with E-state index in [1.54, 1.807) is 31.1 Å². The van der Waals surface area contributed by atoms with Gasteiger partial charge >= 0.3 is 0 Å². The van der Waals surface area contributed by atoms with E-state index >= 15 is 0 Å². The quantitative estimate of drug-likeness (QED) is 0.843. The largest absolute Gasteiger partial charge is 0.343 e. The molecule has 126 valence electrons. The minimum atomic E-state index is -0.474. The molecule has 0 spiro atoms. The molecule has 2 atom stereocenters. The molecule has 3 rings (SSSR count). The normalized spacial score (nSPS) is 20.5. The van der Waals surface area contributed by atoms with Gasteiger partial charge in [0.2, 0.25) is 18.2 Å². The van der Waals surface area contributed by atoms with Crippen LogP contribution in [0.3, 0.4) is 0 Å². The van der Waals surface area contributed by atoms with Crippen molar-refractivity contribution < 1.29 is 14.1 Å². The maximum Gasteiger partial charge on any atom is 0.228 e. The van der Waals surface area contributed by atoms with Gasteiger partial charge in [-0.15, -0.1) is 0 Å². The van der Waals surface area contributed by atoms with Crippen molar-refractivity contribution in [3.05, 3.63) is 47.1 Å². The number of benzene rings is 1. The summed E-state index contributed by atoms with van der Waals surface area (Å²) in [5.74, 6) is -0.255. The van der Waals surface area contributed by atoms with Crippen molar-refractivity contribution in [2.45, 2.75) is 19.0 Å². The molecule has 1 aliphatic rings. The van der Waals surface area contributed by atoms with Crippen LogP contribution in [-0.4, -0.2) is 45.9 Å². The Hall–Kier alpha value is -2.41. The molecule has 7 nitrogen and oxygen atoms in total. The highest BCUT2D eigenvalue weighted by Gasteiger charge is 2.43. The second-order valence-corrected chi connectivity index (χ2v) is 6.29. The van der Waals surface area contributed by atoms with Gasteiger partial charge in [0.1, 0.15) is 0 Å². The summed E-state index contributed by atoms with van der Waals surface area (Å²) in [6.07, 6.45) is 1.39. The van der Waals surface area contributed by atoms with E-state index in [9.17, 15) is 9.59 Å². The molecule has 0 bridgehead atoms. The first kappa shape index (κ1) is 16.4. The third-order valence-corrected chi connectivity index (χ3v) is 4.49. The lowest BCUT2D eigenvalue weighted by molar-refractivity contribution is -0.136. The van der Waals surface area contributed by atoms with Crippen LogP contribution in [0.2, 0.25) is 5.02 Å². The summed E-state index contributed by atoms with van der Waals surface area (Å²) in [6.45, 7) is 0.228. The number of carbonyl (C=O) groups excluding carboxylic acids is 2. The topological polar surface area (TPSA) is 79.5 Å². The van der Waals surface area contributed by atoms with E-state index in [1.807, 2.05) is 12.1 Å². The number of aromatic nitrogens is 2. The highest BCUT2D eigenvalue weighted by atomic mass is 35.5. The van der Waals surface area contributed by atoms with Crippen LogP contribution in [0.25, 0.3) is 0 Å². The zero-order valence-electron chi connectivity index (χ0n) is 13.3. The molecule has 2 heterocycles. The summed E-state index contributed by atoms with van der Waals surface area (Å²) in [7, 11) is 3.37. The van der Waals surface area contributed by atoms with E-state index < -0.39 is 5.92 Å². The summed E-state index contributed by atoms with van der Waals surface area (Å²) in [5, 5.41) is 4.28. The highest BCUT2D eigenvalue weighted by molar-refractivity contribution is 6.30. The van der Waals surface area contributed by atoms with E-state index in [-0.39, 0.29) is 30.8 Å². The highest BCUT2D eigenvalue weighted by Crippen LogP contribution is 2.38. The van der Waals surface area contributed by atoms with Crippen LogP contribution in [0.15, 0.2) is 35.2 Å². The summed E-state index contributed by atoms with van der Waals surface area (Å²) in [4.78, 5) is 32.1. The van der Waals surface area contributed by atoms with E-state index in [4.69, 9.17) is 11.6 Å². The van der Waals surface area contributed by atoms with Crippen LogP contribution in [0, 0.1) is 5.92 Å². The number of carbonyl (C=O) groups is 2. The monoisotopic (exact) mass is 348 g/mol. The Morgan fingerprint density at radius 2 is 2.29 bits per heavy atom. The number of likely N-dealkylation sites (tertiary alicyclic amines) is 1. The zero-order valence-corrected chi connectivity index (χ0v) is 14.1. The van der Waals surface area contributed by atoms with Crippen molar-refractivity contribution in [1.29, 1.82) is 0 Å². The molecule has 1 aliphatic heterocycles. The molecule has 0 N–H and O–H groups in total. The molecule has 1 fully saturated rings. The van der Waals surface area contributed by atoms with Gasteiger partial charge in [-0.05, 0) is 17.7 Å². The maximum atomic E-state index is 12.9. The van der Waals surface area contributed by atoms with Crippen molar-refractivity contribution in [2.24, 2.45) is 5.92 Å². The second-order valence-electron chi connectivity index (χ2n) is 5.86. The van der Waals surface area contributed by atoms with Crippen molar-refractivity contribution in [1.82, 2.24) is 19.9 Å². The molecule has 0 saturated carbocycles. The number of rotatable bonds is 4. The molecular formula is C16H17ClN4O3. The minimum absolute atomic E-state index is 0.0636. The Kier molecular flexibility index (Phi) is 4.53. The molecule has 24 heavy (non-hydrogen) atoms. The predicted octanol–water partition coefficient (Wildman–Crippen LogP) is 1.90. The lowest BCUT2D eigenvalue weighted by Gasteiger charge is -2.27. The maximum absolute atomic E-state index is 12.9. The molecule has 0 radical (unpaired) electrons. The first-order chi connectivity index (χ1) is 11.5. The molecule has 2 amide bonds. The SMILES string of the molecule is CN(Cc1ncon1)C(=O)[C@@H]1CC(=O)N(C)[C@@H]1c1cccc(Cl)c1. The molecule has 0 unspecified atom stereocenters. The molecule has 0 aliphatic carbocycles. The van der Waals surface area contributed by atoms with Crippen molar-refractivity contribution >= 4 is 23.4 Å². The lowest BCUT2D eigenvalue weighted by Crippen LogP contribution is -2.36. The Labute approximate surface area is 144 Å². The van der Waals surface area contributed by atoms with E-state index in [0.717, 1.165) is 5.56 Å². The third-order valence-electron chi connectivity index (χ3n) is 4.26. The molecule has 1 saturated heterocycles. The fourth-order valence-electron chi connectivity index (χ4n) is 3.07. The van der Waals surface area contributed by atoms with E-state index in [2.05, 4.69) is 14.7 Å². The zero-order chi connectivity index (χ0) is 17.3. The van der Waals surface area contributed by atoms with Gasteiger partial charge in [-0.3, -0.25) is 9.59 Å². The smallest absolute Gasteiger partial charge is 0.228 e. The summed E-state index contributed by atoms with van der Waals surface area (Å²) < 4.78 is 4.68. The van der Waals surface area contributed by atoms with Crippen LogP contribution in [0.1, 0.15) is 23.9 Å². The fraction of sp³-hybridized carbons (Fsp3) is 0.375. The van der Waals surface area contributed by atoms with E-state index in [1.165, 1.54) is 11.3 Å². The van der Waals surface area contributed by atoms with E-state index in [0.29, 0.717) is 10.8 Å². The summed E-state index contributed by atoms with van der Waals surface area (Å²) in [6, 6.07) is 6.92. The first-order valence-electron chi connectivity index (χ1n) is 7.48. The predicted molar refractivity (Wildman–Crippen MR) is 85.8 cm³/mol. The average Bonchev–Trinajstić information content (AvgIpc) is 3.15. The van der Waals surface area contributed by atoms with Crippen LogP contribution in [0.5, 0.6) is 0 Å². The lowest BCUT2D eigenvalue weighted by atomic mass is 9.92. The van der Waals surface area contributed by atoms with Crippen LogP contribution in [-0.2, 0) is 16.1 Å². The van der Waals surface area contributed by atoms with Crippen molar-refractivity contribution in [2.75, 3.05) is 14.1 Å². The van der Waals surface area contributed by atoms with Gasteiger partial charge < -0.3 is 14.3 Å². The van der Waals surface area contributed by atoms with Gasteiger partial charge in [-0.25, -0.2) is 0 Å². The minimum Gasteiger partial charge on any atom is -0.343 e. The number of amides is 2. The number of halogens is 1. The molecule has 2 aromatic rings. The van der Waals surface area contributed by atoms with Crippen LogP contribution < -0.4 is 0 Å². The number of hydrogen-bond acceptors (Lipinski definition) is 5. The van der Waals surface area contributed by atoms with Crippen molar-refractivity contribution in [3.63, 3.8) is 0 Å². The van der Waals surface area contributed by atoms with Crippen LogP contribution in [0.4, 0.5) is 0 Å². The molecular weight excluding hydrogens is 332 g/mol. The van der Waals surface area contributed by atoms with Gasteiger partial charge in [0, 0.05) is 25.5 Å². The number of hydrogen-bond donors (Lipinski definition) is 0. The molecule has 1 aromatic carbocycles. The summed E-state index contributed by atoms with van der Waals surface area (Å²) in [5.41, 5.74) is 0.849. The summed E-state index contributed by atoms with van der Waals surface area (Å²) >= 11 is 6.07. The Balaban J connectivity index is 1.84. The van der Waals surface area contributed by atoms with Gasteiger partial charge in [0.05, 0.1) is 18.5 Å². The van der Waals surface area contributed by atoms with Gasteiger partial charge in [0.25, 0.3) is 0 Å². The molecule has 8 heteroatoms. The fourth-order valence-corrected chi connectivity index (χ4v) is 3.27. The van der Waals surface area contributed by atoms with Gasteiger partial charge in [0.15, 0.2) is 5.82 Å². The number of nitrogens with zero attached hydrogens (tertiary/aromatic N) is 4. The standard InChI is InChI=1S/C16H17ClN4O3/c1-20(8-13-18-9-24-19-13)16(23)12-7-14(22)21(2)15(12)10-4-3-5-11(17)6-10/h3-6,9,12,15H,7-8H2,1-2H3/t12-,15-/m1/s1. The van der Waals surface area contributed by atoms with Crippen molar-refractivity contribution in [3.8, 4) is 0 Å². The molecule has 1 aromatic heterocycles. The Bertz CT molecular complexity index is 750.